The second kappa shape index (κ2) is 66.3. The van der Waals surface area contributed by atoms with Gasteiger partial charge in [-0.15, -0.1) is 0 Å². The molecule has 19 heteroatoms. The zero-order chi connectivity index (χ0) is 71.0. The fourth-order valence-corrected chi connectivity index (χ4v) is 13.3. The first-order valence-electron chi connectivity index (χ1n) is 39.7. The molecule has 570 valence electrons. The molecule has 96 heavy (non-hydrogen) atoms. The third-order valence-electron chi connectivity index (χ3n) is 18.2. The van der Waals surface area contributed by atoms with Crippen LogP contribution in [0.25, 0.3) is 0 Å². The van der Waals surface area contributed by atoms with Crippen LogP contribution in [0.5, 0.6) is 0 Å². The van der Waals surface area contributed by atoms with Crippen molar-refractivity contribution >= 4 is 39.5 Å². The first-order valence-corrected chi connectivity index (χ1v) is 42.7. The van der Waals surface area contributed by atoms with Gasteiger partial charge in [-0.3, -0.25) is 37.3 Å². The van der Waals surface area contributed by atoms with Crippen molar-refractivity contribution in [2.45, 2.75) is 408 Å². The number of hydrogen-bond donors (Lipinski definition) is 3. The zero-order valence-electron chi connectivity index (χ0n) is 63.0. The average Bonchev–Trinajstić information content (AvgIpc) is 1.28. The molecule has 0 saturated heterocycles. The molecule has 6 atom stereocenters. The Hall–Kier alpha value is -1.94. The Balaban J connectivity index is 5.13. The monoisotopic (exact) mass is 1410 g/mol. The number of esters is 4. The van der Waals surface area contributed by atoms with Crippen LogP contribution in [-0.2, 0) is 65.4 Å². The maximum absolute atomic E-state index is 13.1. The number of aliphatic hydroxyl groups excluding tert-OH is 1. The quantitative estimate of drug-likeness (QED) is 0.0222. The molecule has 0 saturated carbocycles. The molecule has 3 N–H and O–H groups in total. The van der Waals surface area contributed by atoms with Crippen LogP contribution in [0, 0.1) is 23.7 Å². The average molecular weight is 1410 g/mol. The Bertz CT molecular complexity index is 1890. The number of phosphoric acid groups is 2. The topological polar surface area (TPSA) is 237 Å². The first kappa shape index (κ1) is 94.1. The van der Waals surface area contributed by atoms with E-state index in [-0.39, 0.29) is 25.7 Å². The second-order valence-corrected chi connectivity index (χ2v) is 32.3. The van der Waals surface area contributed by atoms with E-state index in [1.54, 1.807) is 0 Å². The summed E-state index contributed by atoms with van der Waals surface area (Å²) in [4.78, 5) is 72.7. The molecule has 0 fully saturated rings. The van der Waals surface area contributed by atoms with Gasteiger partial charge in [0.1, 0.15) is 19.3 Å². The minimum absolute atomic E-state index is 0.102. The lowest BCUT2D eigenvalue weighted by molar-refractivity contribution is -0.161. The summed E-state index contributed by atoms with van der Waals surface area (Å²) in [5, 5.41) is 10.6. The summed E-state index contributed by atoms with van der Waals surface area (Å²) in [6.07, 6.45) is 51.7. The summed E-state index contributed by atoms with van der Waals surface area (Å²) in [5.74, 6) is 0.901. The Kier molecular flexibility index (Phi) is 65.0. The molecule has 0 aliphatic rings. The molecule has 17 nitrogen and oxygen atoms in total. The van der Waals surface area contributed by atoms with Crippen molar-refractivity contribution in [2.75, 3.05) is 39.6 Å². The normalized spacial score (nSPS) is 14.4. The highest BCUT2D eigenvalue weighted by Gasteiger charge is 2.30. The number of aliphatic hydroxyl groups is 1. The van der Waals surface area contributed by atoms with Gasteiger partial charge in [-0.1, -0.05) is 338 Å². The lowest BCUT2D eigenvalue weighted by Crippen LogP contribution is -2.30. The lowest BCUT2D eigenvalue weighted by atomic mass is 9.99. The van der Waals surface area contributed by atoms with E-state index in [0.29, 0.717) is 37.5 Å². The van der Waals surface area contributed by atoms with Crippen LogP contribution in [0.1, 0.15) is 389 Å². The van der Waals surface area contributed by atoms with E-state index >= 15 is 0 Å². The molecule has 0 heterocycles. The lowest BCUT2D eigenvalue weighted by Gasteiger charge is -2.21. The number of hydrogen-bond acceptors (Lipinski definition) is 15. The van der Waals surface area contributed by atoms with E-state index in [9.17, 15) is 43.2 Å². The third kappa shape index (κ3) is 69.2. The molecule has 0 rings (SSSR count). The SMILES string of the molecule is CCC(C)CCCCCCCCCCCCCCCCCCCCC(=O)O[C@H](COC(=O)CCCCCCCCCC(C)C)COP(=O)(O)OCC(O)COP(=O)(O)OC[C@@H](COC(=O)CCCCCCCCCCCCCCC(C)C)OC(=O)CCCCCCCCC(C)C. The molecule has 0 aliphatic carbocycles. The number of unbranched alkanes of at least 4 members (excludes halogenated alkanes) is 39. The minimum Gasteiger partial charge on any atom is -0.462 e. The van der Waals surface area contributed by atoms with Crippen LogP contribution in [0.4, 0.5) is 0 Å². The van der Waals surface area contributed by atoms with Gasteiger partial charge in [-0.05, 0) is 49.4 Å². The fraction of sp³-hybridized carbons (Fsp3) is 0.948. The second-order valence-electron chi connectivity index (χ2n) is 29.4. The molecule has 0 aliphatic heterocycles. The van der Waals surface area contributed by atoms with Gasteiger partial charge in [0.05, 0.1) is 26.4 Å². The maximum atomic E-state index is 13.1. The van der Waals surface area contributed by atoms with Gasteiger partial charge in [0.2, 0.25) is 0 Å². The summed E-state index contributed by atoms with van der Waals surface area (Å²) in [6, 6.07) is 0. The van der Waals surface area contributed by atoms with Crippen LogP contribution in [0.3, 0.4) is 0 Å². The van der Waals surface area contributed by atoms with Crippen LogP contribution in [0.15, 0.2) is 0 Å². The number of phosphoric ester groups is 2. The summed E-state index contributed by atoms with van der Waals surface area (Å²) < 4.78 is 68.4. The van der Waals surface area contributed by atoms with Crippen LogP contribution in [-0.4, -0.2) is 96.7 Å². The predicted molar refractivity (Wildman–Crippen MR) is 391 cm³/mol. The number of carbonyl (C=O) groups excluding carboxylic acids is 4. The smallest absolute Gasteiger partial charge is 0.462 e. The summed E-state index contributed by atoms with van der Waals surface area (Å²) in [5.41, 5.74) is 0. The summed E-state index contributed by atoms with van der Waals surface area (Å²) >= 11 is 0. The molecule has 0 bridgehead atoms. The van der Waals surface area contributed by atoms with Crippen molar-refractivity contribution in [3.63, 3.8) is 0 Å². The zero-order valence-corrected chi connectivity index (χ0v) is 64.8. The van der Waals surface area contributed by atoms with Gasteiger partial charge in [0.15, 0.2) is 12.2 Å². The van der Waals surface area contributed by atoms with Crippen molar-refractivity contribution in [2.24, 2.45) is 23.7 Å². The van der Waals surface area contributed by atoms with E-state index in [4.69, 9.17) is 37.0 Å². The highest BCUT2D eigenvalue weighted by Crippen LogP contribution is 2.45. The van der Waals surface area contributed by atoms with Crippen molar-refractivity contribution < 1.29 is 80.2 Å². The molecule has 0 radical (unpaired) electrons. The summed E-state index contributed by atoms with van der Waals surface area (Å²) in [6.45, 7) is 14.1. The third-order valence-corrected chi connectivity index (χ3v) is 20.1. The van der Waals surface area contributed by atoms with Gasteiger partial charge in [0.25, 0.3) is 0 Å². The van der Waals surface area contributed by atoms with Gasteiger partial charge in [-0.25, -0.2) is 9.13 Å². The van der Waals surface area contributed by atoms with Crippen molar-refractivity contribution in [1.29, 1.82) is 0 Å². The Morgan fingerprint density at radius 2 is 0.500 bits per heavy atom. The van der Waals surface area contributed by atoms with E-state index in [2.05, 4.69) is 55.4 Å². The standard InChI is InChI=1S/C77H150O17P2/c1-9-70(8)56-48-40-31-25-21-16-14-12-10-11-13-15-17-23-27-33-43-51-59-76(81)93-72(63-88-75(80)58-50-42-34-28-30-38-46-54-68(4)5)65-91-95(83,84)89-61-71(78)62-90-96(85,86)92-66-73(94-77(82)60-52-44-36-35-39-47-55-69(6)7)64-87-74(79)57-49-41-32-26-22-19-18-20-24-29-37-45-53-67(2)3/h67-73,78H,9-66H2,1-8H3,(H,83,84)(H,85,86)/t70?,71?,72-,73-/m1/s1. The molecule has 0 spiro atoms. The molecule has 0 aromatic carbocycles. The molecule has 0 aromatic heterocycles. The van der Waals surface area contributed by atoms with E-state index in [1.165, 1.54) is 186 Å². The Morgan fingerprint density at radius 1 is 0.292 bits per heavy atom. The van der Waals surface area contributed by atoms with Crippen molar-refractivity contribution in [3.8, 4) is 0 Å². The molecule has 0 aromatic rings. The Labute approximate surface area is 588 Å². The van der Waals surface area contributed by atoms with Crippen LogP contribution < -0.4 is 0 Å². The fourth-order valence-electron chi connectivity index (χ4n) is 11.7. The number of carbonyl (C=O) groups is 4. The maximum Gasteiger partial charge on any atom is 0.472 e. The summed E-state index contributed by atoms with van der Waals surface area (Å²) in [7, 11) is -9.91. The molecular weight excluding hydrogens is 1260 g/mol. The Morgan fingerprint density at radius 3 is 0.740 bits per heavy atom. The van der Waals surface area contributed by atoms with Gasteiger partial charge in [0, 0.05) is 25.7 Å². The van der Waals surface area contributed by atoms with Crippen molar-refractivity contribution in [1.82, 2.24) is 0 Å². The molecule has 0 amide bonds. The molecular formula is C77H150O17P2. The van der Waals surface area contributed by atoms with Gasteiger partial charge < -0.3 is 33.8 Å². The van der Waals surface area contributed by atoms with Crippen LogP contribution in [0.2, 0.25) is 0 Å². The minimum atomic E-state index is -4.96. The van der Waals surface area contributed by atoms with E-state index < -0.39 is 97.5 Å². The molecule has 4 unspecified atom stereocenters. The number of ether oxygens (including phenoxy) is 4. The number of rotatable bonds is 74. The largest absolute Gasteiger partial charge is 0.472 e. The van der Waals surface area contributed by atoms with Crippen LogP contribution >= 0.6 is 15.6 Å². The van der Waals surface area contributed by atoms with E-state index in [0.717, 1.165) is 108 Å². The van der Waals surface area contributed by atoms with Gasteiger partial charge >= 0.3 is 39.5 Å². The van der Waals surface area contributed by atoms with Crippen molar-refractivity contribution in [3.05, 3.63) is 0 Å². The highest BCUT2D eigenvalue weighted by molar-refractivity contribution is 7.47. The van der Waals surface area contributed by atoms with Gasteiger partial charge in [-0.2, -0.15) is 0 Å². The first-order chi connectivity index (χ1) is 46.1. The van der Waals surface area contributed by atoms with E-state index in [1.807, 2.05) is 0 Å². The highest BCUT2D eigenvalue weighted by atomic mass is 31.2. The predicted octanol–water partition coefficient (Wildman–Crippen LogP) is 22.4.